The summed E-state index contributed by atoms with van der Waals surface area (Å²) < 4.78 is 0. The highest BCUT2D eigenvalue weighted by Crippen LogP contribution is 2.30. The van der Waals surface area contributed by atoms with E-state index in [1.54, 1.807) is 6.08 Å². The highest BCUT2D eigenvalue weighted by molar-refractivity contribution is 5.28. The van der Waals surface area contributed by atoms with Gasteiger partial charge in [-0.1, -0.05) is 38.2 Å². The molecule has 0 amide bonds. The first-order valence-electron chi connectivity index (χ1n) is 4.25. The van der Waals surface area contributed by atoms with Crippen molar-refractivity contribution < 1.29 is 5.11 Å². The zero-order valence-electron chi connectivity index (χ0n) is 7.75. The normalized spacial score (nSPS) is 19.1. The van der Waals surface area contributed by atoms with Crippen LogP contribution in [0.4, 0.5) is 0 Å². The molecule has 0 aromatic rings. The molecule has 1 nitrogen and oxygen atoms in total. The van der Waals surface area contributed by atoms with Gasteiger partial charge in [0.25, 0.3) is 0 Å². The standard InChI is InChI=1S/C11H16O/c1-4-11(2,3)10(12)9-7-5-6-8-9/h4-7,10,12H,1,8H2,2-3H3. The fourth-order valence-corrected chi connectivity index (χ4v) is 1.26. The highest BCUT2D eigenvalue weighted by atomic mass is 16.3. The van der Waals surface area contributed by atoms with E-state index >= 15 is 0 Å². The first kappa shape index (κ1) is 9.27. The summed E-state index contributed by atoms with van der Waals surface area (Å²) in [4.78, 5) is 0. The molecule has 0 spiro atoms. The van der Waals surface area contributed by atoms with Crippen LogP contribution in [0.3, 0.4) is 0 Å². The Kier molecular flexibility index (Phi) is 2.53. The van der Waals surface area contributed by atoms with E-state index in [-0.39, 0.29) is 5.41 Å². The molecule has 1 aliphatic rings. The predicted molar refractivity (Wildman–Crippen MR) is 51.8 cm³/mol. The second kappa shape index (κ2) is 3.28. The zero-order valence-corrected chi connectivity index (χ0v) is 7.75. The van der Waals surface area contributed by atoms with Crippen molar-refractivity contribution in [3.8, 4) is 0 Å². The van der Waals surface area contributed by atoms with Crippen molar-refractivity contribution in [3.63, 3.8) is 0 Å². The second-order valence-corrected chi connectivity index (χ2v) is 3.80. The molecule has 0 saturated heterocycles. The smallest absolute Gasteiger partial charge is 0.0841 e. The molecule has 0 aliphatic heterocycles. The lowest BCUT2D eigenvalue weighted by atomic mass is 9.82. The maximum atomic E-state index is 9.90. The summed E-state index contributed by atoms with van der Waals surface area (Å²) in [5.41, 5.74) is 0.859. The fourth-order valence-electron chi connectivity index (χ4n) is 1.26. The maximum absolute atomic E-state index is 9.90. The molecule has 1 aliphatic carbocycles. The van der Waals surface area contributed by atoms with Crippen LogP contribution in [0, 0.1) is 5.41 Å². The van der Waals surface area contributed by atoms with E-state index in [0.717, 1.165) is 12.0 Å². The van der Waals surface area contributed by atoms with Gasteiger partial charge in [0.2, 0.25) is 0 Å². The van der Waals surface area contributed by atoms with Crippen LogP contribution in [0.5, 0.6) is 0 Å². The second-order valence-electron chi connectivity index (χ2n) is 3.80. The van der Waals surface area contributed by atoms with Crippen molar-refractivity contribution in [2.24, 2.45) is 5.41 Å². The lowest BCUT2D eigenvalue weighted by molar-refractivity contribution is 0.114. The number of hydrogen-bond donors (Lipinski definition) is 1. The Morgan fingerprint density at radius 3 is 2.75 bits per heavy atom. The lowest BCUT2D eigenvalue weighted by Gasteiger charge is -2.27. The summed E-state index contributed by atoms with van der Waals surface area (Å²) in [7, 11) is 0. The predicted octanol–water partition coefficient (Wildman–Crippen LogP) is 2.45. The third-order valence-electron chi connectivity index (χ3n) is 2.38. The minimum atomic E-state index is -0.398. The van der Waals surface area contributed by atoms with E-state index in [1.165, 1.54) is 0 Å². The van der Waals surface area contributed by atoms with Crippen LogP contribution in [0.1, 0.15) is 20.3 Å². The molecule has 1 atom stereocenters. The van der Waals surface area contributed by atoms with Crippen molar-refractivity contribution in [3.05, 3.63) is 36.5 Å². The summed E-state index contributed by atoms with van der Waals surface area (Å²) in [6.45, 7) is 7.70. The number of allylic oxidation sites excluding steroid dienone is 3. The van der Waals surface area contributed by atoms with Gasteiger partial charge in [-0.15, -0.1) is 6.58 Å². The molecule has 1 N–H and O–H groups in total. The maximum Gasteiger partial charge on any atom is 0.0841 e. The lowest BCUT2D eigenvalue weighted by Crippen LogP contribution is -2.28. The molecule has 0 aromatic heterocycles. The molecule has 0 heterocycles. The molecule has 0 fully saturated rings. The summed E-state index contributed by atoms with van der Waals surface area (Å²) >= 11 is 0. The van der Waals surface area contributed by atoms with Crippen molar-refractivity contribution >= 4 is 0 Å². The summed E-state index contributed by atoms with van der Waals surface area (Å²) in [6, 6.07) is 0. The minimum absolute atomic E-state index is 0.224. The van der Waals surface area contributed by atoms with E-state index < -0.39 is 6.10 Å². The quantitative estimate of drug-likeness (QED) is 0.635. The molecule has 1 rings (SSSR count). The van der Waals surface area contributed by atoms with Crippen LogP contribution in [-0.4, -0.2) is 11.2 Å². The third-order valence-corrected chi connectivity index (χ3v) is 2.38. The van der Waals surface area contributed by atoms with Crippen LogP contribution < -0.4 is 0 Å². The summed E-state index contributed by atoms with van der Waals surface area (Å²) in [5, 5.41) is 9.90. The SMILES string of the molecule is C=CC(C)(C)C(O)C1=CC=CC1. The van der Waals surface area contributed by atoms with E-state index in [4.69, 9.17) is 0 Å². The van der Waals surface area contributed by atoms with Crippen LogP contribution in [0.15, 0.2) is 36.5 Å². The molecule has 0 saturated carbocycles. The van der Waals surface area contributed by atoms with Gasteiger partial charge in [-0.2, -0.15) is 0 Å². The number of aliphatic hydroxyl groups excluding tert-OH is 1. The van der Waals surface area contributed by atoms with E-state index in [2.05, 4.69) is 12.7 Å². The van der Waals surface area contributed by atoms with E-state index in [0.29, 0.717) is 0 Å². The largest absolute Gasteiger partial charge is 0.388 e. The van der Waals surface area contributed by atoms with Crippen LogP contribution in [-0.2, 0) is 0 Å². The summed E-state index contributed by atoms with van der Waals surface area (Å²) in [6.07, 6.45) is 8.30. The molecule has 0 bridgehead atoms. The molecule has 0 radical (unpaired) electrons. The Labute approximate surface area is 74.1 Å². The van der Waals surface area contributed by atoms with Gasteiger partial charge in [0.05, 0.1) is 6.10 Å². The summed E-state index contributed by atoms with van der Waals surface area (Å²) in [5.74, 6) is 0. The van der Waals surface area contributed by atoms with Gasteiger partial charge in [0.1, 0.15) is 0 Å². The van der Waals surface area contributed by atoms with Crippen LogP contribution in [0.2, 0.25) is 0 Å². The first-order chi connectivity index (χ1) is 5.58. The average Bonchev–Trinajstić information content (AvgIpc) is 2.55. The Balaban J connectivity index is 2.70. The van der Waals surface area contributed by atoms with Crippen molar-refractivity contribution in [1.29, 1.82) is 0 Å². The Bertz CT molecular complexity index is 233. The molecule has 1 unspecified atom stereocenters. The van der Waals surface area contributed by atoms with Gasteiger partial charge in [0, 0.05) is 5.41 Å². The van der Waals surface area contributed by atoms with Crippen molar-refractivity contribution in [2.45, 2.75) is 26.4 Å². The number of hydrogen-bond acceptors (Lipinski definition) is 1. The Morgan fingerprint density at radius 1 is 1.67 bits per heavy atom. The first-order valence-corrected chi connectivity index (χ1v) is 4.25. The van der Waals surface area contributed by atoms with Gasteiger partial charge in [-0.05, 0) is 12.0 Å². The Hall–Kier alpha value is -0.820. The topological polar surface area (TPSA) is 20.2 Å². The molecule has 0 aromatic carbocycles. The van der Waals surface area contributed by atoms with E-state index in [9.17, 15) is 5.11 Å². The van der Waals surface area contributed by atoms with Gasteiger partial charge in [-0.25, -0.2) is 0 Å². The van der Waals surface area contributed by atoms with Crippen molar-refractivity contribution in [2.75, 3.05) is 0 Å². The fraction of sp³-hybridized carbons (Fsp3) is 0.455. The van der Waals surface area contributed by atoms with E-state index in [1.807, 2.05) is 26.0 Å². The van der Waals surface area contributed by atoms with Gasteiger partial charge in [0.15, 0.2) is 0 Å². The molecular weight excluding hydrogens is 148 g/mol. The van der Waals surface area contributed by atoms with Gasteiger partial charge >= 0.3 is 0 Å². The highest BCUT2D eigenvalue weighted by Gasteiger charge is 2.27. The molecule has 1 heteroatoms. The zero-order chi connectivity index (χ0) is 9.19. The molecule has 12 heavy (non-hydrogen) atoms. The van der Waals surface area contributed by atoms with Crippen molar-refractivity contribution in [1.82, 2.24) is 0 Å². The average molecular weight is 164 g/mol. The number of rotatable bonds is 3. The van der Waals surface area contributed by atoms with Gasteiger partial charge < -0.3 is 5.11 Å². The van der Waals surface area contributed by atoms with Crippen LogP contribution >= 0.6 is 0 Å². The molecular formula is C11H16O. The minimum Gasteiger partial charge on any atom is -0.388 e. The van der Waals surface area contributed by atoms with Crippen LogP contribution in [0.25, 0.3) is 0 Å². The molecule has 66 valence electrons. The monoisotopic (exact) mass is 164 g/mol. The third kappa shape index (κ3) is 1.67. The Morgan fingerprint density at radius 2 is 2.33 bits per heavy atom. The van der Waals surface area contributed by atoms with Gasteiger partial charge in [-0.3, -0.25) is 0 Å². The number of aliphatic hydroxyl groups is 1.